The minimum atomic E-state index is -0.387. The smallest absolute Gasteiger partial charge is 0.157 e. The van der Waals surface area contributed by atoms with Gasteiger partial charge < -0.3 is 16.9 Å². The molecule has 1 aliphatic heterocycles. The average Bonchev–Trinajstić information content (AvgIpc) is 3.00. The van der Waals surface area contributed by atoms with Gasteiger partial charge >= 0.3 is 0 Å². The van der Waals surface area contributed by atoms with Gasteiger partial charge in [-0.1, -0.05) is 56.9 Å². The van der Waals surface area contributed by atoms with Crippen molar-refractivity contribution >= 4 is 11.5 Å². The van der Waals surface area contributed by atoms with E-state index < -0.39 is 0 Å². The molecule has 0 aromatic heterocycles. The van der Waals surface area contributed by atoms with Crippen LogP contribution in [0.3, 0.4) is 0 Å². The average molecular weight is 431 g/mol. The standard InChI is InChI=1S/C22H32NO2.Y/c1-3-5-7-9-10-20-22(25)16-17-23(20)19-14-12-18(13-15-19)21(24)11-8-6-4-2;/h7,9,12-15,20-21,24H,1,3-6,8,10-11,16-17H2,2H3;/q-1;/b9-7-;/t20-,21?;/m0./s1. The molecule has 0 aliphatic carbocycles. The Morgan fingerprint density at radius 3 is 2.65 bits per heavy atom. The van der Waals surface area contributed by atoms with Gasteiger partial charge in [-0.2, -0.15) is 6.42 Å². The van der Waals surface area contributed by atoms with Gasteiger partial charge in [-0.15, -0.1) is 0 Å². The van der Waals surface area contributed by atoms with Crippen molar-refractivity contribution in [3.05, 3.63) is 48.9 Å². The first-order chi connectivity index (χ1) is 12.2. The molecule has 1 aliphatic rings. The van der Waals surface area contributed by atoms with Crippen molar-refractivity contribution in [3.63, 3.8) is 0 Å². The number of carbonyl (C=O) groups is 1. The van der Waals surface area contributed by atoms with Crippen LogP contribution in [0.15, 0.2) is 36.4 Å². The van der Waals surface area contributed by atoms with Gasteiger partial charge in [-0.05, 0) is 30.5 Å². The summed E-state index contributed by atoms with van der Waals surface area (Å²) in [5, 5.41) is 10.3. The zero-order valence-corrected chi connectivity index (χ0v) is 18.9. The minimum absolute atomic E-state index is 0. The van der Waals surface area contributed by atoms with Gasteiger partial charge in [0, 0.05) is 51.4 Å². The Balaban J connectivity index is 0.00000338. The number of ketones is 1. The number of aliphatic hydroxyl groups excluding tert-OH is 1. The Morgan fingerprint density at radius 1 is 1.27 bits per heavy atom. The molecule has 1 heterocycles. The molecule has 1 radical (unpaired) electrons. The Labute approximate surface area is 184 Å². The predicted molar refractivity (Wildman–Crippen MR) is 105 cm³/mol. The molecule has 1 fully saturated rings. The van der Waals surface area contributed by atoms with E-state index >= 15 is 0 Å². The van der Waals surface area contributed by atoms with E-state index in [0.29, 0.717) is 12.2 Å². The number of aliphatic hydroxyl groups is 1. The van der Waals surface area contributed by atoms with Crippen molar-refractivity contribution in [1.82, 2.24) is 0 Å². The Kier molecular flexibility index (Phi) is 11.6. The van der Waals surface area contributed by atoms with Gasteiger partial charge in [-0.3, -0.25) is 4.79 Å². The van der Waals surface area contributed by atoms with E-state index in [1.165, 1.54) is 6.42 Å². The second-order valence-corrected chi connectivity index (χ2v) is 6.88. The van der Waals surface area contributed by atoms with Gasteiger partial charge in [-0.25, -0.2) is 0 Å². The van der Waals surface area contributed by atoms with E-state index in [-0.39, 0.29) is 44.9 Å². The van der Waals surface area contributed by atoms with Crippen LogP contribution >= 0.6 is 0 Å². The zero-order valence-electron chi connectivity index (χ0n) is 16.1. The summed E-state index contributed by atoms with van der Waals surface area (Å²) in [7, 11) is 0. The summed E-state index contributed by atoms with van der Waals surface area (Å²) < 4.78 is 0. The molecule has 2 rings (SSSR count). The van der Waals surface area contributed by atoms with E-state index in [2.05, 4.69) is 30.9 Å². The fourth-order valence-electron chi connectivity index (χ4n) is 3.40. The number of anilines is 1. The molecule has 2 atom stereocenters. The van der Waals surface area contributed by atoms with Gasteiger partial charge in [0.05, 0.1) is 12.1 Å². The summed E-state index contributed by atoms with van der Waals surface area (Å²) in [4.78, 5) is 14.4. The van der Waals surface area contributed by atoms with Crippen LogP contribution in [-0.2, 0) is 37.5 Å². The number of rotatable bonds is 10. The molecule has 1 saturated heterocycles. The van der Waals surface area contributed by atoms with E-state index in [1.807, 2.05) is 24.3 Å². The number of hydrogen-bond acceptors (Lipinski definition) is 3. The molecule has 0 amide bonds. The van der Waals surface area contributed by atoms with Gasteiger partial charge in [0.1, 0.15) is 0 Å². The largest absolute Gasteiger partial charge is 0.388 e. The van der Waals surface area contributed by atoms with Gasteiger partial charge in [0.25, 0.3) is 0 Å². The molecule has 1 aromatic rings. The molecule has 4 heteroatoms. The van der Waals surface area contributed by atoms with Crippen molar-refractivity contribution < 1.29 is 42.6 Å². The van der Waals surface area contributed by atoms with Crippen LogP contribution in [0.2, 0.25) is 0 Å². The summed E-state index contributed by atoms with van der Waals surface area (Å²) in [5.74, 6) is 0.322. The van der Waals surface area contributed by atoms with Crippen LogP contribution in [-0.4, -0.2) is 23.5 Å². The summed E-state index contributed by atoms with van der Waals surface area (Å²) in [6.45, 7) is 6.78. The quantitative estimate of drug-likeness (QED) is 0.322. The number of allylic oxidation sites excluding steroid dienone is 1. The maximum absolute atomic E-state index is 12.2. The topological polar surface area (TPSA) is 40.5 Å². The molecule has 1 unspecified atom stereocenters. The first kappa shape index (κ1) is 23.5. The summed E-state index contributed by atoms with van der Waals surface area (Å²) in [6, 6.07) is 8.05. The Bertz CT molecular complexity index is 556. The number of hydrogen-bond donors (Lipinski definition) is 1. The molecule has 0 bridgehead atoms. The monoisotopic (exact) mass is 431 g/mol. The van der Waals surface area contributed by atoms with E-state index in [1.54, 1.807) is 0 Å². The van der Waals surface area contributed by atoms with Crippen LogP contribution in [0.5, 0.6) is 0 Å². The first-order valence-electron chi connectivity index (χ1n) is 9.69. The fraction of sp³-hybridized carbons (Fsp3) is 0.545. The fourth-order valence-corrected chi connectivity index (χ4v) is 3.40. The Morgan fingerprint density at radius 2 is 2.00 bits per heavy atom. The van der Waals surface area contributed by atoms with E-state index in [9.17, 15) is 9.90 Å². The zero-order chi connectivity index (χ0) is 18.1. The first-order valence-corrected chi connectivity index (χ1v) is 9.69. The van der Waals surface area contributed by atoms with E-state index in [0.717, 1.165) is 56.3 Å². The molecule has 26 heavy (non-hydrogen) atoms. The molecule has 141 valence electrons. The van der Waals surface area contributed by atoms with Crippen molar-refractivity contribution in [2.45, 2.75) is 70.4 Å². The number of unbranched alkanes of at least 4 members (excludes halogenated alkanes) is 3. The molecule has 0 saturated carbocycles. The van der Waals surface area contributed by atoms with Gasteiger partial charge in [0.15, 0.2) is 5.78 Å². The number of carbonyl (C=O) groups excluding carboxylic acids is 1. The van der Waals surface area contributed by atoms with Crippen LogP contribution in [0.1, 0.15) is 70.0 Å². The van der Waals surface area contributed by atoms with Crippen molar-refractivity contribution in [3.8, 4) is 0 Å². The van der Waals surface area contributed by atoms with E-state index in [4.69, 9.17) is 0 Å². The molecular formula is C22H32NO2Y-. The molecule has 1 N–H and O–H groups in total. The van der Waals surface area contributed by atoms with Crippen molar-refractivity contribution in [2.24, 2.45) is 0 Å². The summed E-state index contributed by atoms with van der Waals surface area (Å²) in [5.41, 5.74) is 2.04. The third-order valence-corrected chi connectivity index (χ3v) is 4.93. The molecule has 0 spiro atoms. The maximum Gasteiger partial charge on any atom is 0.157 e. The maximum atomic E-state index is 12.2. The normalized spacial score (nSPS) is 18.3. The van der Waals surface area contributed by atoms with Crippen LogP contribution in [0.4, 0.5) is 5.69 Å². The van der Waals surface area contributed by atoms with Crippen molar-refractivity contribution in [2.75, 3.05) is 11.4 Å². The summed E-state index contributed by atoms with van der Waals surface area (Å²) >= 11 is 0. The molecule has 3 nitrogen and oxygen atoms in total. The minimum Gasteiger partial charge on any atom is -0.388 e. The van der Waals surface area contributed by atoms with Crippen LogP contribution < -0.4 is 4.90 Å². The number of nitrogens with zero attached hydrogens (tertiary/aromatic N) is 1. The molecule has 1 aromatic carbocycles. The van der Waals surface area contributed by atoms with Crippen LogP contribution in [0, 0.1) is 6.92 Å². The van der Waals surface area contributed by atoms with Crippen LogP contribution in [0.25, 0.3) is 0 Å². The SMILES string of the molecule is [CH2-]CC/C=C\C[C@H]1C(=O)CCN1c1ccc(C(O)CCCCC)cc1.[Y]. The second-order valence-electron chi connectivity index (χ2n) is 6.88. The second kappa shape index (κ2) is 12.8. The third kappa shape index (κ3) is 6.90. The number of Topliss-reactive ketones (excluding diaryl/α,β-unsaturated/α-hetero) is 1. The summed E-state index contributed by atoms with van der Waals surface area (Å²) in [6.07, 6.45) is 11.3. The molecular weight excluding hydrogens is 399 g/mol. The Hall–Kier alpha value is -0.506. The predicted octanol–water partition coefficient (Wildman–Crippen LogP) is 5.01. The van der Waals surface area contributed by atoms with Crippen molar-refractivity contribution in [1.29, 1.82) is 0 Å². The third-order valence-electron chi connectivity index (χ3n) is 4.93. The van der Waals surface area contributed by atoms with Gasteiger partial charge in [0.2, 0.25) is 0 Å². The number of benzene rings is 1.